The van der Waals surface area contributed by atoms with Gasteiger partial charge in [0, 0.05) is 17.0 Å². The van der Waals surface area contributed by atoms with Gasteiger partial charge in [-0.15, -0.1) is 0 Å². The van der Waals surface area contributed by atoms with Crippen LogP contribution in [0.1, 0.15) is 22.3 Å². The zero-order valence-corrected chi connectivity index (χ0v) is 27.2. The van der Waals surface area contributed by atoms with Gasteiger partial charge < -0.3 is 0 Å². The number of allylic oxidation sites excluding steroid dienone is 4. The number of nitrogens with zero attached hydrogens (tertiary/aromatic N) is 3. The molecule has 3 nitrogen and oxygen atoms in total. The van der Waals surface area contributed by atoms with E-state index < -0.39 is 5.41 Å². The van der Waals surface area contributed by atoms with E-state index in [2.05, 4.69) is 151 Å². The maximum absolute atomic E-state index is 5.22. The van der Waals surface area contributed by atoms with Crippen LogP contribution in [0.3, 0.4) is 0 Å². The molecule has 0 saturated carbocycles. The second-order valence-corrected chi connectivity index (χ2v) is 13.4. The molecule has 0 saturated heterocycles. The van der Waals surface area contributed by atoms with Gasteiger partial charge in [-0.2, -0.15) is 0 Å². The lowest BCUT2D eigenvalue weighted by molar-refractivity contribution is 0.787. The molecule has 232 valence electrons. The normalized spacial score (nSPS) is 16.2. The molecule has 2 aliphatic carbocycles. The van der Waals surface area contributed by atoms with E-state index >= 15 is 0 Å². The third kappa shape index (κ3) is 3.24. The SMILES string of the molecule is C=CC1=C(C=C)C2(c3ccccc31)c1ccccc1-c1ccc(-c3ccc4c5ccc6cccnc6c5c5nc6ccccc6n5c4c3)cc12. The second kappa shape index (κ2) is 9.74. The number of pyridine rings is 2. The number of benzene rings is 6. The van der Waals surface area contributed by atoms with E-state index in [1.54, 1.807) is 0 Å². The van der Waals surface area contributed by atoms with Gasteiger partial charge in [0.25, 0.3) is 0 Å². The Morgan fingerprint density at radius 2 is 1.30 bits per heavy atom. The van der Waals surface area contributed by atoms with Gasteiger partial charge in [0.05, 0.1) is 32.9 Å². The van der Waals surface area contributed by atoms with Crippen LogP contribution >= 0.6 is 0 Å². The van der Waals surface area contributed by atoms with Crippen molar-refractivity contribution in [2.75, 3.05) is 0 Å². The third-order valence-electron chi connectivity index (χ3n) is 11.2. The van der Waals surface area contributed by atoms with Crippen molar-refractivity contribution in [3.05, 3.63) is 193 Å². The Morgan fingerprint density at radius 1 is 0.580 bits per heavy atom. The minimum atomic E-state index is -0.473. The molecule has 0 N–H and O–H groups in total. The molecule has 1 unspecified atom stereocenters. The fourth-order valence-corrected chi connectivity index (χ4v) is 9.22. The standard InChI is InChI=1S/C47H29N3/c1-3-31-32-13-5-7-15-38(32)47(37(31)4-2)39-16-8-6-14-33(39)34-22-20-29(26-40(34)47)30-21-23-35-36-24-19-28-12-11-25-48-45(28)44(36)46-49-41-17-9-10-18-42(41)50(46)43(35)27-30/h3-27H,1-2H2. The van der Waals surface area contributed by atoms with Crippen molar-refractivity contribution in [3.63, 3.8) is 0 Å². The maximum atomic E-state index is 5.22. The highest BCUT2D eigenvalue weighted by Gasteiger charge is 2.51. The van der Waals surface area contributed by atoms with Crippen molar-refractivity contribution in [3.8, 4) is 22.3 Å². The Bertz CT molecular complexity index is 3030. The zero-order chi connectivity index (χ0) is 33.1. The van der Waals surface area contributed by atoms with Gasteiger partial charge in [-0.25, -0.2) is 4.98 Å². The number of hydrogen-bond donors (Lipinski definition) is 0. The molecular formula is C47H29N3. The molecule has 1 atom stereocenters. The van der Waals surface area contributed by atoms with Crippen LogP contribution in [-0.2, 0) is 5.41 Å². The van der Waals surface area contributed by atoms with Crippen LogP contribution < -0.4 is 0 Å². The van der Waals surface area contributed by atoms with Crippen molar-refractivity contribution >= 4 is 54.8 Å². The topological polar surface area (TPSA) is 30.2 Å². The van der Waals surface area contributed by atoms with Crippen LogP contribution in [0.25, 0.3) is 77.1 Å². The van der Waals surface area contributed by atoms with E-state index in [-0.39, 0.29) is 0 Å². The molecule has 11 rings (SSSR count). The summed E-state index contributed by atoms with van der Waals surface area (Å²) in [7, 11) is 0. The second-order valence-electron chi connectivity index (χ2n) is 13.4. The smallest absolute Gasteiger partial charge is 0.148 e. The fraction of sp³-hybridized carbons (Fsp3) is 0.0213. The Hall–Kier alpha value is -6.58. The summed E-state index contributed by atoms with van der Waals surface area (Å²) in [6.07, 6.45) is 5.93. The van der Waals surface area contributed by atoms with Crippen LogP contribution in [0, 0.1) is 0 Å². The highest BCUT2D eigenvalue weighted by atomic mass is 15.0. The summed E-state index contributed by atoms with van der Waals surface area (Å²) in [5.74, 6) is 0. The largest absolute Gasteiger partial charge is 0.292 e. The number of aromatic nitrogens is 3. The Kier molecular flexibility index (Phi) is 5.34. The Morgan fingerprint density at radius 3 is 2.16 bits per heavy atom. The first-order chi connectivity index (χ1) is 24.7. The number of rotatable bonds is 3. The Balaban J connectivity index is 1.22. The van der Waals surface area contributed by atoms with E-state index in [1.807, 2.05) is 18.3 Å². The van der Waals surface area contributed by atoms with Crippen LogP contribution in [-0.4, -0.2) is 14.4 Å². The number of hydrogen-bond acceptors (Lipinski definition) is 2. The van der Waals surface area contributed by atoms with Crippen LogP contribution in [0.2, 0.25) is 0 Å². The molecule has 3 aromatic heterocycles. The molecule has 3 heterocycles. The molecule has 0 bridgehead atoms. The van der Waals surface area contributed by atoms with Gasteiger partial charge in [0.15, 0.2) is 0 Å². The predicted octanol–water partition coefficient (Wildman–Crippen LogP) is 11.5. The molecule has 0 radical (unpaired) electrons. The zero-order valence-electron chi connectivity index (χ0n) is 27.2. The van der Waals surface area contributed by atoms with Gasteiger partial charge in [0.2, 0.25) is 0 Å². The molecule has 50 heavy (non-hydrogen) atoms. The molecule has 3 heteroatoms. The highest BCUT2D eigenvalue weighted by molar-refractivity contribution is 6.22. The highest BCUT2D eigenvalue weighted by Crippen LogP contribution is 2.62. The molecule has 2 aliphatic rings. The van der Waals surface area contributed by atoms with E-state index in [1.165, 1.54) is 49.9 Å². The summed E-state index contributed by atoms with van der Waals surface area (Å²) in [5, 5.41) is 4.52. The van der Waals surface area contributed by atoms with Gasteiger partial charge in [-0.3, -0.25) is 9.38 Å². The Labute approximate surface area is 288 Å². The van der Waals surface area contributed by atoms with E-state index in [0.29, 0.717) is 0 Å². The maximum Gasteiger partial charge on any atom is 0.148 e. The monoisotopic (exact) mass is 635 g/mol. The van der Waals surface area contributed by atoms with Crippen molar-refractivity contribution in [2.24, 2.45) is 0 Å². The lowest BCUT2D eigenvalue weighted by Gasteiger charge is -2.31. The number of imidazole rings is 1. The van der Waals surface area contributed by atoms with Gasteiger partial charge in [0.1, 0.15) is 5.65 Å². The van der Waals surface area contributed by atoms with Crippen LogP contribution in [0.15, 0.2) is 171 Å². The summed E-state index contributed by atoms with van der Waals surface area (Å²) < 4.78 is 2.33. The number of para-hydroxylation sites is 2. The van der Waals surface area contributed by atoms with Crippen molar-refractivity contribution in [1.29, 1.82) is 0 Å². The molecule has 6 aromatic carbocycles. The van der Waals surface area contributed by atoms with Gasteiger partial charge in [-0.1, -0.05) is 128 Å². The van der Waals surface area contributed by atoms with E-state index in [9.17, 15) is 0 Å². The third-order valence-corrected chi connectivity index (χ3v) is 11.2. The van der Waals surface area contributed by atoms with Crippen LogP contribution in [0.4, 0.5) is 0 Å². The summed E-state index contributed by atoms with van der Waals surface area (Å²) in [4.78, 5) is 10.1. The number of fused-ring (bicyclic) bond motifs is 17. The first-order valence-corrected chi connectivity index (χ1v) is 17.1. The first kappa shape index (κ1) is 27.4. The summed E-state index contributed by atoms with van der Waals surface area (Å²) in [5.41, 5.74) is 16.9. The van der Waals surface area contributed by atoms with Crippen LogP contribution in [0.5, 0.6) is 0 Å². The summed E-state index contributed by atoms with van der Waals surface area (Å²) in [6, 6.07) is 48.5. The van der Waals surface area contributed by atoms with Crippen molar-refractivity contribution < 1.29 is 0 Å². The first-order valence-electron chi connectivity index (χ1n) is 17.1. The fourth-order valence-electron chi connectivity index (χ4n) is 9.22. The summed E-state index contributed by atoms with van der Waals surface area (Å²) >= 11 is 0. The average Bonchev–Trinajstić information content (AvgIpc) is 3.81. The quantitative estimate of drug-likeness (QED) is 0.181. The summed E-state index contributed by atoms with van der Waals surface area (Å²) in [6.45, 7) is 8.64. The van der Waals surface area contributed by atoms with Crippen molar-refractivity contribution in [2.45, 2.75) is 5.41 Å². The molecule has 0 fully saturated rings. The minimum Gasteiger partial charge on any atom is -0.292 e. The molecule has 0 aliphatic heterocycles. The lowest BCUT2D eigenvalue weighted by atomic mass is 9.69. The lowest BCUT2D eigenvalue weighted by Crippen LogP contribution is -2.26. The predicted molar refractivity (Wildman–Crippen MR) is 208 cm³/mol. The average molecular weight is 636 g/mol. The van der Waals surface area contributed by atoms with Gasteiger partial charge >= 0.3 is 0 Å². The van der Waals surface area contributed by atoms with E-state index in [0.717, 1.165) is 55.0 Å². The molecule has 1 spiro atoms. The molecule has 0 amide bonds. The minimum absolute atomic E-state index is 0.473. The molecular weight excluding hydrogens is 607 g/mol. The van der Waals surface area contributed by atoms with Gasteiger partial charge in [-0.05, 0) is 91.4 Å². The molecule has 9 aromatic rings. The van der Waals surface area contributed by atoms with Crippen molar-refractivity contribution in [1.82, 2.24) is 14.4 Å². The van der Waals surface area contributed by atoms with E-state index in [4.69, 9.17) is 9.97 Å².